The Balaban J connectivity index is 1.51. The van der Waals surface area contributed by atoms with E-state index in [0.717, 1.165) is 30.4 Å². The number of carbonyl (C=O) groups is 2. The van der Waals surface area contributed by atoms with E-state index < -0.39 is 61.7 Å². The standard InChI is InChI=1S/C36H41ClFN5O6S2/c1-35(2,3)50(46)42-36(17-16-23-8-9-23,25-7-5-6-24(18-25)21-39)26-10-15-30(38)31(19-26)41-33(44)32-20-29(49-51(4,47)48)22-43(32)34(45)40-28-13-11-27(37)12-14-28/h5-7,10-15,18-19,23,29,32,42H,8-9,16-17,20,22H2,1-4H3,(H,40,45)(H,41,44). The first-order valence-electron chi connectivity index (χ1n) is 16.5. The van der Waals surface area contributed by atoms with E-state index in [1.165, 1.54) is 12.1 Å². The van der Waals surface area contributed by atoms with Gasteiger partial charge in [-0.2, -0.15) is 13.7 Å². The van der Waals surface area contributed by atoms with Crippen LogP contribution in [0.5, 0.6) is 0 Å². The summed E-state index contributed by atoms with van der Waals surface area (Å²) in [5.41, 5.74) is 0.607. The predicted molar refractivity (Wildman–Crippen MR) is 195 cm³/mol. The molecule has 3 amide bonds. The number of nitrogens with zero attached hydrogens (tertiary/aromatic N) is 2. The van der Waals surface area contributed by atoms with Crippen LogP contribution in [-0.2, 0) is 36.0 Å². The molecule has 1 aliphatic carbocycles. The van der Waals surface area contributed by atoms with E-state index in [1.54, 1.807) is 48.5 Å². The van der Waals surface area contributed by atoms with Crippen molar-refractivity contribution >= 4 is 56.4 Å². The third-order valence-corrected chi connectivity index (χ3v) is 11.4. The molecule has 1 aliphatic heterocycles. The summed E-state index contributed by atoms with van der Waals surface area (Å²) in [6.07, 6.45) is 3.05. The fraction of sp³-hybridized carbons (Fsp3) is 0.417. The van der Waals surface area contributed by atoms with Gasteiger partial charge in [-0.1, -0.05) is 42.6 Å². The van der Waals surface area contributed by atoms with Crippen LogP contribution >= 0.6 is 11.6 Å². The van der Waals surface area contributed by atoms with Gasteiger partial charge >= 0.3 is 6.03 Å². The fourth-order valence-corrected chi connectivity index (χ4v) is 7.76. The van der Waals surface area contributed by atoms with Gasteiger partial charge in [0.25, 0.3) is 10.1 Å². The Hall–Kier alpha value is -3.71. The highest BCUT2D eigenvalue weighted by atomic mass is 35.5. The van der Waals surface area contributed by atoms with Crippen molar-refractivity contribution in [3.63, 3.8) is 0 Å². The zero-order valence-electron chi connectivity index (χ0n) is 28.7. The number of nitrogens with one attached hydrogen (secondary N) is 3. The molecule has 4 unspecified atom stereocenters. The van der Waals surface area contributed by atoms with E-state index in [0.29, 0.717) is 39.7 Å². The molecule has 4 atom stereocenters. The van der Waals surface area contributed by atoms with Crippen LogP contribution in [0.15, 0.2) is 66.7 Å². The highest BCUT2D eigenvalue weighted by Crippen LogP contribution is 2.43. The zero-order valence-corrected chi connectivity index (χ0v) is 31.1. The van der Waals surface area contributed by atoms with Crippen molar-refractivity contribution in [2.24, 2.45) is 5.92 Å². The Morgan fingerprint density at radius 1 is 1.08 bits per heavy atom. The molecule has 0 radical (unpaired) electrons. The maximum Gasteiger partial charge on any atom is 0.322 e. The van der Waals surface area contributed by atoms with Gasteiger partial charge in [0, 0.05) is 28.5 Å². The highest BCUT2D eigenvalue weighted by Gasteiger charge is 2.45. The van der Waals surface area contributed by atoms with Gasteiger partial charge in [-0.15, -0.1) is 4.72 Å². The van der Waals surface area contributed by atoms with E-state index >= 15 is 4.39 Å². The van der Waals surface area contributed by atoms with E-state index in [-0.39, 0.29) is 18.7 Å². The fourth-order valence-electron chi connectivity index (χ4n) is 6.04. The molecule has 0 aromatic heterocycles. The molecule has 1 saturated heterocycles. The van der Waals surface area contributed by atoms with Gasteiger partial charge in [0.1, 0.15) is 22.1 Å². The van der Waals surface area contributed by atoms with Gasteiger partial charge in [0.2, 0.25) is 5.91 Å². The summed E-state index contributed by atoms with van der Waals surface area (Å²) in [5.74, 6) is -1.05. The second kappa shape index (κ2) is 15.5. The molecular weight excluding hydrogens is 717 g/mol. The number of amides is 3. The van der Waals surface area contributed by atoms with Gasteiger partial charge in [0.05, 0.1) is 36.2 Å². The molecule has 1 heterocycles. The second-order valence-electron chi connectivity index (χ2n) is 14.0. The number of nitriles is 1. The van der Waals surface area contributed by atoms with Gasteiger partial charge in [-0.3, -0.25) is 8.98 Å². The number of carbonyl (C=O) groups excluding carboxylic acids is 2. The quantitative estimate of drug-likeness (QED) is 0.141. The topological polar surface area (TPSA) is 164 Å². The highest BCUT2D eigenvalue weighted by molar-refractivity contribution is 7.90. The van der Waals surface area contributed by atoms with Crippen LogP contribution in [0.3, 0.4) is 0 Å². The van der Waals surface area contributed by atoms with Crippen molar-refractivity contribution < 1.29 is 31.1 Å². The summed E-state index contributed by atoms with van der Waals surface area (Å²) in [6, 6.07) is 17.7. The van der Waals surface area contributed by atoms with Crippen LogP contribution in [0, 0.1) is 23.1 Å². The molecule has 3 N–H and O–H groups in total. The average molecular weight is 758 g/mol. The van der Waals surface area contributed by atoms with Crippen molar-refractivity contribution in [2.45, 2.75) is 75.3 Å². The van der Waals surface area contributed by atoms with Crippen LogP contribution in [-0.4, -0.2) is 59.5 Å². The van der Waals surface area contributed by atoms with E-state index in [4.69, 9.17) is 15.8 Å². The Labute approximate surface area is 306 Å². The molecule has 272 valence electrons. The number of hydrogen-bond acceptors (Lipinski definition) is 8. The van der Waals surface area contributed by atoms with E-state index in [1.807, 2.05) is 26.8 Å². The maximum atomic E-state index is 15.6. The monoisotopic (exact) mass is 757 g/mol. The molecule has 2 fully saturated rings. The minimum atomic E-state index is -3.93. The van der Waals surface area contributed by atoms with Crippen molar-refractivity contribution in [2.75, 3.05) is 23.4 Å². The second-order valence-corrected chi connectivity index (χ2v) is 18.0. The van der Waals surface area contributed by atoms with Crippen molar-refractivity contribution in [1.29, 1.82) is 5.26 Å². The Morgan fingerprint density at radius 3 is 2.39 bits per heavy atom. The molecule has 15 heteroatoms. The van der Waals surface area contributed by atoms with Crippen LogP contribution in [0.25, 0.3) is 0 Å². The lowest BCUT2D eigenvalue weighted by Crippen LogP contribution is -2.52. The molecule has 11 nitrogen and oxygen atoms in total. The zero-order chi connectivity index (χ0) is 37.1. The van der Waals surface area contributed by atoms with E-state index in [9.17, 15) is 27.8 Å². The van der Waals surface area contributed by atoms with Crippen molar-refractivity contribution in [1.82, 2.24) is 9.62 Å². The number of rotatable bonds is 12. The lowest BCUT2D eigenvalue weighted by Gasteiger charge is -2.39. The van der Waals surface area contributed by atoms with Crippen molar-refractivity contribution in [3.8, 4) is 6.07 Å². The van der Waals surface area contributed by atoms with Crippen LogP contribution < -0.4 is 15.4 Å². The first-order valence-corrected chi connectivity index (χ1v) is 19.8. The summed E-state index contributed by atoms with van der Waals surface area (Å²) >= 11 is 4.35. The average Bonchev–Trinajstić information content (AvgIpc) is 3.81. The van der Waals surface area contributed by atoms with Crippen LogP contribution in [0.2, 0.25) is 5.02 Å². The summed E-state index contributed by atoms with van der Waals surface area (Å²) in [5, 5.41) is 15.5. The van der Waals surface area contributed by atoms with Gasteiger partial charge in [-0.25, -0.2) is 9.18 Å². The molecule has 2 aliphatic rings. The number of hydrogen-bond donors (Lipinski definition) is 3. The number of urea groups is 1. The van der Waals surface area contributed by atoms with Gasteiger partial charge in [-0.05, 0) is 99.2 Å². The molecule has 3 aromatic rings. The predicted octanol–water partition coefficient (Wildman–Crippen LogP) is 6.43. The maximum absolute atomic E-state index is 15.6. The lowest BCUT2D eigenvalue weighted by molar-refractivity contribution is -0.119. The summed E-state index contributed by atoms with van der Waals surface area (Å²) < 4.78 is 61.2. The largest absolute Gasteiger partial charge is 0.598 e. The number of benzene rings is 3. The molecule has 0 bridgehead atoms. The Kier molecular flexibility index (Phi) is 11.7. The summed E-state index contributed by atoms with van der Waals surface area (Å²) in [6.45, 7) is 5.28. The molecular formula is C36H41ClFN5O6S2. The lowest BCUT2D eigenvalue weighted by atomic mass is 9.79. The van der Waals surface area contributed by atoms with Crippen LogP contribution in [0.4, 0.5) is 20.6 Å². The normalized spacial score (nSPS) is 19.5. The van der Waals surface area contributed by atoms with Gasteiger partial charge < -0.3 is 20.1 Å². The third-order valence-electron chi connectivity index (χ3n) is 8.88. The molecule has 5 rings (SSSR count). The smallest absolute Gasteiger partial charge is 0.322 e. The molecule has 0 spiro atoms. The molecule has 3 aromatic carbocycles. The Morgan fingerprint density at radius 2 is 1.76 bits per heavy atom. The summed E-state index contributed by atoms with van der Waals surface area (Å²) in [4.78, 5) is 28.5. The molecule has 1 saturated carbocycles. The van der Waals surface area contributed by atoms with Crippen LogP contribution in [0.1, 0.15) is 69.6 Å². The molecule has 51 heavy (non-hydrogen) atoms. The number of likely N-dealkylation sites (tertiary alicyclic amines) is 1. The summed E-state index contributed by atoms with van der Waals surface area (Å²) in [7, 11) is -3.93. The van der Waals surface area contributed by atoms with Gasteiger partial charge in [0.15, 0.2) is 0 Å². The third kappa shape index (κ3) is 9.79. The first kappa shape index (κ1) is 38.5. The number of anilines is 2. The van der Waals surface area contributed by atoms with Crippen molar-refractivity contribution in [3.05, 3.63) is 94.3 Å². The number of halogens is 2. The van der Waals surface area contributed by atoms with E-state index in [2.05, 4.69) is 21.4 Å². The first-order chi connectivity index (χ1) is 24.0. The minimum Gasteiger partial charge on any atom is -0.598 e. The minimum absolute atomic E-state index is 0.174. The SMILES string of the molecule is CC(C)(C)[S+]([O-])NC(CCC1CC1)(c1cccc(C#N)c1)c1ccc(F)c(NC(=O)C2CC(OS(C)(=O)=O)CN2C(=O)Nc2ccc(Cl)cc2)c1. The Bertz CT molecular complexity index is 1920.